The van der Waals surface area contributed by atoms with Gasteiger partial charge in [0, 0.05) is 0 Å². The van der Waals surface area contributed by atoms with Crippen LogP contribution in [0.25, 0.3) is 0 Å². The van der Waals surface area contributed by atoms with Gasteiger partial charge in [-0.25, -0.2) is 0 Å². The molecule has 1 N–H and O–H groups in total. The molecule has 0 aromatic heterocycles. The smallest absolute Gasteiger partial charge is 0.311 e. The third-order valence-electron chi connectivity index (χ3n) is 3.67. The molecule has 0 saturated carbocycles. The van der Waals surface area contributed by atoms with Gasteiger partial charge < -0.3 is 9.84 Å². The maximum absolute atomic E-state index is 11.6. The van der Waals surface area contributed by atoms with Crippen LogP contribution in [-0.4, -0.2) is 23.8 Å². The lowest BCUT2D eigenvalue weighted by molar-refractivity contribution is -0.151. The molecule has 23 heavy (non-hydrogen) atoms. The van der Waals surface area contributed by atoms with Gasteiger partial charge in [-0.05, 0) is 73.3 Å². The van der Waals surface area contributed by atoms with Crippen LogP contribution in [0.4, 0.5) is 0 Å². The Kier molecular flexibility index (Phi) is 9.82. The van der Waals surface area contributed by atoms with Gasteiger partial charge in [0.25, 0.3) is 0 Å². The zero-order valence-electron chi connectivity index (χ0n) is 15.7. The molecule has 0 saturated heterocycles. The van der Waals surface area contributed by atoms with Gasteiger partial charge in [0.1, 0.15) is 6.61 Å². The summed E-state index contributed by atoms with van der Waals surface area (Å²) in [6.07, 6.45) is 7.31. The van der Waals surface area contributed by atoms with Crippen LogP contribution < -0.4 is 0 Å². The van der Waals surface area contributed by atoms with E-state index in [1.54, 1.807) is 0 Å². The molecule has 0 fully saturated rings. The molecule has 0 rings (SSSR count). The normalized spacial score (nSPS) is 14.6. The van der Waals surface area contributed by atoms with E-state index in [-0.39, 0.29) is 5.97 Å². The molecule has 0 heterocycles. The van der Waals surface area contributed by atoms with Crippen molar-refractivity contribution >= 4 is 5.97 Å². The average Bonchev–Trinajstić information content (AvgIpc) is 2.43. The summed E-state index contributed by atoms with van der Waals surface area (Å²) >= 11 is 0. The predicted molar refractivity (Wildman–Crippen MR) is 97.2 cm³/mol. The van der Waals surface area contributed by atoms with Crippen molar-refractivity contribution in [1.29, 1.82) is 0 Å². The van der Waals surface area contributed by atoms with Crippen molar-refractivity contribution in [2.45, 2.75) is 73.3 Å². The Bertz CT molecular complexity index is 450. The summed E-state index contributed by atoms with van der Waals surface area (Å²) in [5, 5.41) is 9.71. The lowest BCUT2D eigenvalue weighted by Crippen LogP contribution is -2.22. The van der Waals surface area contributed by atoms with Gasteiger partial charge in [0.05, 0.1) is 11.5 Å². The molecule has 0 aliphatic carbocycles. The zero-order valence-corrected chi connectivity index (χ0v) is 15.7. The van der Waals surface area contributed by atoms with Crippen molar-refractivity contribution < 1.29 is 14.6 Å². The van der Waals surface area contributed by atoms with E-state index in [4.69, 9.17) is 4.74 Å². The third-order valence-corrected chi connectivity index (χ3v) is 3.67. The molecule has 3 nitrogen and oxygen atoms in total. The molecule has 132 valence electrons. The van der Waals surface area contributed by atoms with E-state index >= 15 is 0 Å². The molecule has 0 aromatic carbocycles. The highest BCUT2D eigenvalue weighted by molar-refractivity contribution is 5.75. The number of rotatable bonds is 9. The molecule has 3 heteroatoms. The Morgan fingerprint density at radius 2 is 1.70 bits per heavy atom. The zero-order chi connectivity index (χ0) is 18.0. The summed E-state index contributed by atoms with van der Waals surface area (Å²) in [6.45, 7) is 15.7. The van der Waals surface area contributed by atoms with Crippen LogP contribution in [0, 0.1) is 5.41 Å². The van der Waals surface area contributed by atoms with Gasteiger partial charge in [-0.2, -0.15) is 0 Å². The Hall–Kier alpha value is -1.35. The molecule has 1 atom stereocenters. The van der Waals surface area contributed by atoms with E-state index < -0.39 is 11.5 Å². The number of aliphatic hydroxyl groups excluding tert-OH is 1. The summed E-state index contributed by atoms with van der Waals surface area (Å²) in [5.41, 5.74) is 2.88. The fourth-order valence-corrected chi connectivity index (χ4v) is 1.84. The second kappa shape index (κ2) is 10.4. The maximum Gasteiger partial charge on any atom is 0.311 e. The van der Waals surface area contributed by atoms with Gasteiger partial charge in [-0.1, -0.05) is 29.4 Å². The SMILES string of the molecule is C=C(C)C(O)CC/C(C)=C/CC/C(C)=C/COC(=O)C(C)(C)C. The molecule has 0 radical (unpaired) electrons. The largest absolute Gasteiger partial charge is 0.461 e. The van der Waals surface area contributed by atoms with E-state index in [1.165, 1.54) is 11.1 Å². The van der Waals surface area contributed by atoms with Gasteiger partial charge >= 0.3 is 5.97 Å². The van der Waals surface area contributed by atoms with E-state index in [1.807, 2.05) is 33.8 Å². The quantitative estimate of drug-likeness (QED) is 0.482. The van der Waals surface area contributed by atoms with E-state index in [0.717, 1.165) is 31.3 Å². The number of carbonyl (C=O) groups excluding carboxylic acids is 1. The first-order chi connectivity index (χ1) is 10.5. The Labute approximate surface area is 142 Å². The van der Waals surface area contributed by atoms with Gasteiger partial charge in [-0.15, -0.1) is 0 Å². The summed E-state index contributed by atoms with van der Waals surface area (Å²) in [6, 6.07) is 0. The van der Waals surface area contributed by atoms with Crippen molar-refractivity contribution in [1.82, 2.24) is 0 Å². The Morgan fingerprint density at radius 3 is 2.22 bits per heavy atom. The minimum atomic E-state index is -0.448. The number of allylic oxidation sites excluding steroid dienone is 3. The first kappa shape index (κ1) is 21.6. The number of hydrogen-bond acceptors (Lipinski definition) is 3. The lowest BCUT2D eigenvalue weighted by Gasteiger charge is -2.15. The van der Waals surface area contributed by atoms with Crippen molar-refractivity contribution in [3.8, 4) is 0 Å². The molecule has 0 spiro atoms. The number of hydrogen-bond donors (Lipinski definition) is 1. The number of aliphatic hydroxyl groups is 1. The van der Waals surface area contributed by atoms with Gasteiger partial charge in [0.2, 0.25) is 0 Å². The molecule has 0 amide bonds. The van der Waals surface area contributed by atoms with Gasteiger partial charge in [-0.3, -0.25) is 4.79 Å². The molecular formula is C20H34O3. The number of carbonyl (C=O) groups is 1. The number of esters is 1. The first-order valence-electron chi connectivity index (χ1n) is 8.36. The topological polar surface area (TPSA) is 46.5 Å². The standard InChI is InChI=1S/C20H34O3/c1-15(2)18(21)12-11-16(3)9-8-10-17(4)13-14-23-19(22)20(5,6)7/h9,13,18,21H,1,8,10-12,14H2,2-7H3/b16-9+,17-13+. The second-order valence-corrected chi connectivity index (χ2v) is 7.39. The summed E-state index contributed by atoms with van der Waals surface area (Å²) in [7, 11) is 0. The predicted octanol–water partition coefficient (Wildman–Crippen LogP) is 4.97. The molecule has 1 unspecified atom stereocenters. The molecule has 0 bridgehead atoms. The van der Waals surface area contributed by atoms with Crippen molar-refractivity contribution in [3.63, 3.8) is 0 Å². The highest BCUT2D eigenvalue weighted by Crippen LogP contribution is 2.16. The average molecular weight is 322 g/mol. The van der Waals surface area contributed by atoms with E-state index in [0.29, 0.717) is 6.61 Å². The van der Waals surface area contributed by atoms with E-state index in [2.05, 4.69) is 26.5 Å². The second-order valence-electron chi connectivity index (χ2n) is 7.39. The minimum Gasteiger partial charge on any atom is -0.461 e. The van der Waals surface area contributed by atoms with Crippen molar-refractivity contribution in [2.75, 3.05) is 6.61 Å². The Morgan fingerprint density at radius 1 is 1.13 bits per heavy atom. The van der Waals surface area contributed by atoms with Crippen molar-refractivity contribution in [3.05, 3.63) is 35.5 Å². The third kappa shape index (κ3) is 10.9. The first-order valence-corrected chi connectivity index (χ1v) is 8.36. The highest BCUT2D eigenvalue weighted by atomic mass is 16.5. The van der Waals surface area contributed by atoms with Gasteiger partial charge in [0.15, 0.2) is 0 Å². The van der Waals surface area contributed by atoms with Crippen LogP contribution >= 0.6 is 0 Å². The maximum atomic E-state index is 11.6. The van der Waals surface area contributed by atoms with Crippen LogP contribution in [0.1, 0.15) is 67.2 Å². The summed E-state index contributed by atoms with van der Waals surface area (Å²) < 4.78 is 5.23. The monoisotopic (exact) mass is 322 g/mol. The molecular weight excluding hydrogens is 288 g/mol. The molecule has 0 aliphatic rings. The molecule has 0 aromatic rings. The lowest BCUT2D eigenvalue weighted by atomic mass is 9.97. The van der Waals surface area contributed by atoms with Crippen LogP contribution in [0.3, 0.4) is 0 Å². The highest BCUT2D eigenvalue weighted by Gasteiger charge is 2.22. The fourth-order valence-electron chi connectivity index (χ4n) is 1.84. The Balaban J connectivity index is 4.06. The molecule has 0 aliphatic heterocycles. The fraction of sp³-hybridized carbons (Fsp3) is 0.650. The van der Waals surface area contributed by atoms with Crippen LogP contribution in [0.5, 0.6) is 0 Å². The number of ether oxygens (including phenoxy) is 1. The van der Waals surface area contributed by atoms with Crippen LogP contribution in [0.2, 0.25) is 0 Å². The van der Waals surface area contributed by atoms with Crippen LogP contribution in [-0.2, 0) is 9.53 Å². The van der Waals surface area contributed by atoms with E-state index in [9.17, 15) is 9.90 Å². The van der Waals surface area contributed by atoms with Crippen molar-refractivity contribution in [2.24, 2.45) is 5.41 Å². The summed E-state index contributed by atoms with van der Waals surface area (Å²) in [4.78, 5) is 11.6. The van der Waals surface area contributed by atoms with Crippen LogP contribution in [0.15, 0.2) is 35.5 Å². The summed E-state index contributed by atoms with van der Waals surface area (Å²) in [5.74, 6) is -0.173. The minimum absolute atomic E-state index is 0.173.